The third-order valence-corrected chi connectivity index (χ3v) is 4.05. The predicted octanol–water partition coefficient (Wildman–Crippen LogP) is 2.79. The molecule has 0 unspecified atom stereocenters. The summed E-state index contributed by atoms with van der Waals surface area (Å²) >= 11 is 1.70. The number of anilines is 1. The normalized spacial score (nSPS) is 14.0. The van der Waals surface area contributed by atoms with E-state index in [1.807, 2.05) is 11.6 Å². The van der Waals surface area contributed by atoms with Gasteiger partial charge in [0.2, 0.25) is 0 Å². The van der Waals surface area contributed by atoms with E-state index in [4.69, 9.17) is 0 Å². The number of rotatable bonds is 4. The van der Waals surface area contributed by atoms with Crippen molar-refractivity contribution in [1.29, 1.82) is 0 Å². The van der Waals surface area contributed by atoms with Crippen LogP contribution in [0.2, 0.25) is 0 Å². The van der Waals surface area contributed by atoms with Gasteiger partial charge in [0.25, 0.3) is 0 Å². The topological polar surface area (TPSA) is 37.0 Å². The lowest BCUT2D eigenvalue weighted by Crippen LogP contribution is -2.18. The van der Waals surface area contributed by atoms with Crippen LogP contribution in [0.1, 0.15) is 22.6 Å². The zero-order valence-electron chi connectivity index (χ0n) is 10.3. The van der Waals surface area contributed by atoms with E-state index in [9.17, 15) is 0 Å². The van der Waals surface area contributed by atoms with Gasteiger partial charge in [-0.05, 0) is 30.0 Å². The zero-order chi connectivity index (χ0) is 12.2. The van der Waals surface area contributed by atoms with E-state index in [0.29, 0.717) is 0 Å². The molecule has 2 aromatic rings. The van der Waals surface area contributed by atoms with E-state index in [1.165, 1.54) is 29.7 Å². The highest BCUT2D eigenvalue weighted by atomic mass is 32.1. The SMILES string of the molecule is c1cc(CNCc2nccs2)c2c(c1)NCCC2. The molecule has 0 saturated carbocycles. The molecule has 3 nitrogen and oxygen atoms in total. The van der Waals surface area contributed by atoms with E-state index in [-0.39, 0.29) is 0 Å². The molecule has 4 heteroatoms. The molecule has 0 atom stereocenters. The van der Waals surface area contributed by atoms with Crippen molar-refractivity contribution < 1.29 is 0 Å². The summed E-state index contributed by atoms with van der Waals surface area (Å²) in [6.45, 7) is 2.88. The molecule has 0 amide bonds. The van der Waals surface area contributed by atoms with Crippen LogP contribution in [-0.4, -0.2) is 11.5 Å². The summed E-state index contributed by atoms with van der Waals surface area (Å²) in [5.74, 6) is 0. The largest absolute Gasteiger partial charge is 0.385 e. The Balaban J connectivity index is 1.65. The second-order valence-electron chi connectivity index (χ2n) is 4.50. The Labute approximate surface area is 111 Å². The minimum absolute atomic E-state index is 0.856. The summed E-state index contributed by atoms with van der Waals surface area (Å²) in [4.78, 5) is 4.28. The highest BCUT2D eigenvalue weighted by Crippen LogP contribution is 2.25. The molecular weight excluding hydrogens is 242 g/mol. The fraction of sp³-hybridized carbons (Fsp3) is 0.357. The smallest absolute Gasteiger partial charge is 0.106 e. The van der Waals surface area contributed by atoms with Crippen LogP contribution in [0.3, 0.4) is 0 Å². The third kappa shape index (κ3) is 2.54. The highest BCUT2D eigenvalue weighted by Gasteiger charge is 2.11. The van der Waals surface area contributed by atoms with Crippen molar-refractivity contribution >= 4 is 17.0 Å². The van der Waals surface area contributed by atoms with Gasteiger partial charge in [0.05, 0.1) is 0 Å². The third-order valence-electron chi connectivity index (χ3n) is 3.27. The summed E-state index contributed by atoms with van der Waals surface area (Å²) in [5, 5.41) is 10.1. The molecule has 0 bridgehead atoms. The van der Waals surface area contributed by atoms with E-state index < -0.39 is 0 Å². The van der Waals surface area contributed by atoms with Crippen LogP contribution in [0.25, 0.3) is 0 Å². The number of nitrogens with zero attached hydrogens (tertiary/aromatic N) is 1. The van der Waals surface area contributed by atoms with Crippen LogP contribution < -0.4 is 10.6 Å². The number of nitrogens with one attached hydrogen (secondary N) is 2. The fourth-order valence-electron chi connectivity index (χ4n) is 2.39. The second kappa shape index (κ2) is 5.50. The maximum Gasteiger partial charge on any atom is 0.106 e. The Morgan fingerprint density at radius 2 is 2.33 bits per heavy atom. The van der Waals surface area contributed by atoms with Crippen LogP contribution in [0.5, 0.6) is 0 Å². The van der Waals surface area contributed by atoms with Gasteiger partial charge >= 0.3 is 0 Å². The highest BCUT2D eigenvalue weighted by molar-refractivity contribution is 7.09. The number of aromatic nitrogens is 1. The first-order valence-electron chi connectivity index (χ1n) is 6.37. The standard InChI is InChI=1S/C14H17N3S/c1-3-11(9-15-10-14-17-7-8-18-14)12-4-2-6-16-13(12)5-1/h1,3,5,7-8,15-16H,2,4,6,9-10H2. The Hall–Kier alpha value is -1.39. The van der Waals surface area contributed by atoms with Gasteiger partial charge in [0.1, 0.15) is 5.01 Å². The van der Waals surface area contributed by atoms with Crippen molar-refractivity contribution in [1.82, 2.24) is 10.3 Å². The van der Waals surface area contributed by atoms with Gasteiger partial charge in [-0.2, -0.15) is 0 Å². The Morgan fingerprint density at radius 1 is 1.33 bits per heavy atom. The lowest BCUT2D eigenvalue weighted by atomic mass is 9.97. The van der Waals surface area contributed by atoms with Crippen LogP contribution in [0.15, 0.2) is 29.8 Å². The van der Waals surface area contributed by atoms with E-state index in [2.05, 4.69) is 33.8 Å². The van der Waals surface area contributed by atoms with Crippen LogP contribution in [0.4, 0.5) is 5.69 Å². The molecule has 0 spiro atoms. The van der Waals surface area contributed by atoms with Gasteiger partial charge < -0.3 is 10.6 Å². The Morgan fingerprint density at radius 3 is 3.22 bits per heavy atom. The zero-order valence-corrected chi connectivity index (χ0v) is 11.1. The molecule has 0 aliphatic carbocycles. The molecule has 0 fully saturated rings. The molecule has 94 valence electrons. The first-order chi connectivity index (χ1) is 8.93. The number of hydrogen-bond acceptors (Lipinski definition) is 4. The van der Waals surface area contributed by atoms with Crippen molar-refractivity contribution in [2.45, 2.75) is 25.9 Å². The predicted molar refractivity (Wildman–Crippen MR) is 75.9 cm³/mol. The molecule has 1 aliphatic heterocycles. The molecule has 2 N–H and O–H groups in total. The molecule has 1 aliphatic rings. The molecule has 0 saturated heterocycles. The molecule has 3 rings (SSSR count). The maximum absolute atomic E-state index is 4.28. The molecule has 0 radical (unpaired) electrons. The number of benzene rings is 1. The number of thiazole rings is 1. The summed E-state index contributed by atoms with van der Waals surface area (Å²) in [6.07, 6.45) is 4.28. The summed E-state index contributed by atoms with van der Waals surface area (Å²) in [5.41, 5.74) is 4.21. The van der Waals surface area contributed by atoms with Crippen LogP contribution in [0, 0.1) is 0 Å². The average molecular weight is 259 g/mol. The lowest BCUT2D eigenvalue weighted by molar-refractivity contribution is 0.679. The van der Waals surface area contributed by atoms with Crippen molar-refractivity contribution in [3.63, 3.8) is 0 Å². The van der Waals surface area contributed by atoms with Crippen molar-refractivity contribution in [2.24, 2.45) is 0 Å². The lowest BCUT2D eigenvalue weighted by Gasteiger charge is -2.21. The molecule has 1 aromatic carbocycles. The first kappa shape index (κ1) is 11.7. The van der Waals surface area contributed by atoms with Gasteiger partial charge in [-0.3, -0.25) is 0 Å². The molecule has 2 heterocycles. The fourth-order valence-corrected chi connectivity index (χ4v) is 2.98. The molecule has 1 aromatic heterocycles. The maximum atomic E-state index is 4.28. The minimum atomic E-state index is 0.856. The van der Waals surface area contributed by atoms with Crippen LogP contribution in [-0.2, 0) is 19.5 Å². The summed E-state index contributed by atoms with van der Waals surface area (Å²) in [6, 6.07) is 6.54. The van der Waals surface area contributed by atoms with Crippen molar-refractivity contribution in [3.05, 3.63) is 45.9 Å². The van der Waals surface area contributed by atoms with E-state index in [0.717, 1.165) is 24.6 Å². The second-order valence-corrected chi connectivity index (χ2v) is 5.48. The summed E-state index contributed by atoms with van der Waals surface area (Å²) in [7, 11) is 0. The van der Waals surface area contributed by atoms with Gasteiger partial charge in [0, 0.05) is 36.9 Å². The van der Waals surface area contributed by atoms with Gasteiger partial charge in [-0.25, -0.2) is 4.98 Å². The number of fused-ring (bicyclic) bond motifs is 1. The van der Waals surface area contributed by atoms with Crippen molar-refractivity contribution in [3.8, 4) is 0 Å². The minimum Gasteiger partial charge on any atom is -0.385 e. The number of hydrogen-bond donors (Lipinski definition) is 2. The average Bonchev–Trinajstić information content (AvgIpc) is 2.92. The Kier molecular flexibility index (Phi) is 3.57. The van der Waals surface area contributed by atoms with E-state index in [1.54, 1.807) is 11.3 Å². The summed E-state index contributed by atoms with van der Waals surface area (Å²) < 4.78 is 0. The Bertz CT molecular complexity index is 508. The quantitative estimate of drug-likeness (QED) is 0.886. The van der Waals surface area contributed by atoms with Gasteiger partial charge in [0.15, 0.2) is 0 Å². The molecule has 18 heavy (non-hydrogen) atoms. The monoisotopic (exact) mass is 259 g/mol. The van der Waals surface area contributed by atoms with E-state index >= 15 is 0 Å². The van der Waals surface area contributed by atoms with Gasteiger partial charge in [-0.15, -0.1) is 11.3 Å². The first-order valence-corrected chi connectivity index (χ1v) is 7.25. The van der Waals surface area contributed by atoms with Crippen molar-refractivity contribution in [2.75, 3.05) is 11.9 Å². The van der Waals surface area contributed by atoms with Gasteiger partial charge in [-0.1, -0.05) is 12.1 Å². The van der Waals surface area contributed by atoms with Crippen LogP contribution >= 0.6 is 11.3 Å². The molecular formula is C14H17N3S.